The molecule has 5 nitrogen and oxygen atoms in total. The van der Waals surface area contributed by atoms with Gasteiger partial charge in [0.15, 0.2) is 0 Å². The molecule has 1 heterocycles. The Hall–Kier alpha value is -1.88. The largest absolute Gasteiger partial charge is 0.391 e. The van der Waals surface area contributed by atoms with Gasteiger partial charge in [-0.05, 0) is 31.9 Å². The van der Waals surface area contributed by atoms with Crippen molar-refractivity contribution in [2.75, 3.05) is 18.0 Å². The van der Waals surface area contributed by atoms with E-state index in [1.807, 2.05) is 26.0 Å². The number of benzene rings is 1. The highest BCUT2D eigenvalue weighted by Crippen LogP contribution is 2.26. The number of hydrogen-bond donors (Lipinski definition) is 2. The second kappa shape index (κ2) is 7.40. The molecule has 1 aliphatic rings. The number of aliphatic hydroxyl groups is 1. The lowest BCUT2D eigenvalue weighted by atomic mass is 10.1. The summed E-state index contributed by atoms with van der Waals surface area (Å²) in [5.74, 6) is -0.183. The SMILES string of the molecule is CCCC(O)CNC(=O)c1cc(C)ccc1N1CCCC1=O. The Morgan fingerprint density at radius 2 is 2.23 bits per heavy atom. The predicted octanol–water partition coefficient (Wildman–Crippen LogP) is 2.01. The van der Waals surface area contributed by atoms with Crippen LogP contribution in [0.1, 0.15) is 48.5 Å². The molecule has 1 saturated heterocycles. The van der Waals surface area contributed by atoms with Gasteiger partial charge in [-0.25, -0.2) is 0 Å². The molecule has 2 amide bonds. The highest BCUT2D eigenvalue weighted by molar-refractivity contribution is 6.05. The molecule has 1 fully saturated rings. The molecule has 1 atom stereocenters. The standard InChI is InChI=1S/C17H24N2O3/c1-3-5-13(20)11-18-17(22)14-10-12(2)7-8-15(14)19-9-4-6-16(19)21/h7-8,10,13,20H,3-6,9,11H2,1-2H3,(H,18,22). The third kappa shape index (κ3) is 3.85. The smallest absolute Gasteiger partial charge is 0.253 e. The van der Waals surface area contributed by atoms with Gasteiger partial charge in [-0.2, -0.15) is 0 Å². The van der Waals surface area contributed by atoms with Crippen molar-refractivity contribution in [3.05, 3.63) is 29.3 Å². The fraction of sp³-hybridized carbons (Fsp3) is 0.529. The second-order valence-electron chi connectivity index (χ2n) is 5.82. The molecule has 2 N–H and O–H groups in total. The number of amides is 2. The monoisotopic (exact) mass is 304 g/mol. The normalized spacial score (nSPS) is 16.0. The number of nitrogens with zero attached hydrogens (tertiary/aromatic N) is 1. The highest BCUT2D eigenvalue weighted by Gasteiger charge is 2.26. The number of aliphatic hydroxyl groups excluding tert-OH is 1. The maximum Gasteiger partial charge on any atom is 0.253 e. The fourth-order valence-corrected chi connectivity index (χ4v) is 2.71. The lowest BCUT2D eigenvalue weighted by Gasteiger charge is -2.20. The van der Waals surface area contributed by atoms with Gasteiger partial charge in [-0.15, -0.1) is 0 Å². The van der Waals surface area contributed by atoms with Gasteiger partial charge in [0.25, 0.3) is 5.91 Å². The van der Waals surface area contributed by atoms with Gasteiger partial charge in [-0.3, -0.25) is 9.59 Å². The van der Waals surface area contributed by atoms with Gasteiger partial charge >= 0.3 is 0 Å². The average Bonchev–Trinajstić information content (AvgIpc) is 2.91. The van der Waals surface area contributed by atoms with Crippen molar-refractivity contribution in [2.45, 2.75) is 45.6 Å². The fourth-order valence-electron chi connectivity index (χ4n) is 2.71. The van der Waals surface area contributed by atoms with E-state index in [2.05, 4.69) is 5.32 Å². The minimum atomic E-state index is -0.532. The summed E-state index contributed by atoms with van der Waals surface area (Å²) in [6, 6.07) is 5.53. The van der Waals surface area contributed by atoms with E-state index in [0.29, 0.717) is 30.6 Å². The summed E-state index contributed by atoms with van der Waals surface area (Å²) < 4.78 is 0. The summed E-state index contributed by atoms with van der Waals surface area (Å²) in [6.07, 6.45) is 2.35. The number of carbonyl (C=O) groups excluding carboxylic acids is 2. The van der Waals surface area contributed by atoms with Crippen molar-refractivity contribution in [3.8, 4) is 0 Å². The molecular formula is C17H24N2O3. The Bertz CT molecular complexity index is 557. The van der Waals surface area contributed by atoms with Crippen LogP contribution in [-0.4, -0.2) is 36.1 Å². The first kappa shape index (κ1) is 16.5. The Labute approximate surface area is 131 Å². The average molecular weight is 304 g/mol. The molecule has 2 rings (SSSR count). The van der Waals surface area contributed by atoms with E-state index in [-0.39, 0.29) is 18.4 Å². The molecule has 1 aromatic rings. The number of nitrogens with one attached hydrogen (secondary N) is 1. The maximum absolute atomic E-state index is 12.4. The van der Waals surface area contributed by atoms with Crippen LogP contribution >= 0.6 is 0 Å². The number of carbonyl (C=O) groups is 2. The molecule has 120 valence electrons. The Morgan fingerprint density at radius 1 is 1.45 bits per heavy atom. The minimum Gasteiger partial charge on any atom is -0.391 e. The van der Waals surface area contributed by atoms with E-state index < -0.39 is 6.10 Å². The van der Waals surface area contributed by atoms with E-state index in [1.54, 1.807) is 11.0 Å². The molecule has 0 saturated carbocycles. The number of hydrogen-bond acceptors (Lipinski definition) is 3. The van der Waals surface area contributed by atoms with Gasteiger partial charge in [0.05, 0.1) is 17.4 Å². The number of aryl methyl sites for hydroxylation is 1. The topological polar surface area (TPSA) is 69.6 Å². The third-order valence-electron chi connectivity index (χ3n) is 3.88. The van der Waals surface area contributed by atoms with Crippen LogP contribution in [0.15, 0.2) is 18.2 Å². The molecule has 5 heteroatoms. The minimum absolute atomic E-state index is 0.0592. The molecule has 0 aliphatic carbocycles. The molecule has 0 aromatic heterocycles. The van der Waals surface area contributed by atoms with E-state index in [4.69, 9.17) is 0 Å². The van der Waals surface area contributed by atoms with Crippen LogP contribution in [0.25, 0.3) is 0 Å². The number of rotatable bonds is 6. The molecular weight excluding hydrogens is 280 g/mol. The predicted molar refractivity (Wildman–Crippen MR) is 86.0 cm³/mol. The van der Waals surface area contributed by atoms with Gasteiger partial charge in [-0.1, -0.05) is 25.0 Å². The first-order valence-corrected chi connectivity index (χ1v) is 7.90. The Morgan fingerprint density at radius 3 is 2.86 bits per heavy atom. The summed E-state index contributed by atoms with van der Waals surface area (Å²) in [5.41, 5.74) is 2.13. The van der Waals surface area contributed by atoms with Gasteiger partial charge in [0.1, 0.15) is 0 Å². The molecule has 0 bridgehead atoms. The van der Waals surface area contributed by atoms with Crippen molar-refractivity contribution >= 4 is 17.5 Å². The van der Waals surface area contributed by atoms with Gasteiger partial charge in [0.2, 0.25) is 5.91 Å². The van der Waals surface area contributed by atoms with Crippen molar-refractivity contribution in [2.24, 2.45) is 0 Å². The van der Waals surface area contributed by atoms with E-state index >= 15 is 0 Å². The maximum atomic E-state index is 12.4. The van der Waals surface area contributed by atoms with Crippen LogP contribution in [-0.2, 0) is 4.79 Å². The summed E-state index contributed by atoms with van der Waals surface area (Å²) in [5, 5.41) is 12.5. The van der Waals surface area contributed by atoms with E-state index in [1.165, 1.54) is 0 Å². The molecule has 1 unspecified atom stereocenters. The van der Waals surface area contributed by atoms with Crippen LogP contribution < -0.4 is 10.2 Å². The van der Waals surface area contributed by atoms with Gasteiger partial charge < -0.3 is 15.3 Å². The van der Waals surface area contributed by atoms with Crippen molar-refractivity contribution in [1.82, 2.24) is 5.32 Å². The van der Waals surface area contributed by atoms with Crippen LogP contribution in [0, 0.1) is 6.92 Å². The quantitative estimate of drug-likeness (QED) is 0.844. The Kier molecular flexibility index (Phi) is 5.55. The van der Waals surface area contributed by atoms with Gasteiger partial charge in [0, 0.05) is 19.5 Å². The van der Waals surface area contributed by atoms with Crippen LogP contribution in [0.2, 0.25) is 0 Å². The second-order valence-corrected chi connectivity index (χ2v) is 5.82. The molecule has 1 aromatic carbocycles. The lowest BCUT2D eigenvalue weighted by Crippen LogP contribution is -2.34. The van der Waals surface area contributed by atoms with E-state index in [0.717, 1.165) is 18.4 Å². The zero-order valence-electron chi connectivity index (χ0n) is 13.3. The van der Waals surface area contributed by atoms with E-state index in [9.17, 15) is 14.7 Å². The first-order chi connectivity index (χ1) is 10.5. The zero-order chi connectivity index (χ0) is 16.1. The summed E-state index contributed by atoms with van der Waals surface area (Å²) in [7, 11) is 0. The summed E-state index contributed by atoms with van der Waals surface area (Å²) in [6.45, 7) is 4.79. The van der Waals surface area contributed by atoms with Crippen molar-refractivity contribution in [3.63, 3.8) is 0 Å². The van der Waals surface area contributed by atoms with Crippen molar-refractivity contribution in [1.29, 1.82) is 0 Å². The van der Waals surface area contributed by atoms with Crippen LogP contribution in [0.4, 0.5) is 5.69 Å². The molecule has 0 spiro atoms. The summed E-state index contributed by atoms with van der Waals surface area (Å²) >= 11 is 0. The summed E-state index contributed by atoms with van der Waals surface area (Å²) in [4.78, 5) is 26.0. The lowest BCUT2D eigenvalue weighted by molar-refractivity contribution is -0.117. The molecule has 1 aliphatic heterocycles. The third-order valence-corrected chi connectivity index (χ3v) is 3.88. The first-order valence-electron chi connectivity index (χ1n) is 7.90. The number of anilines is 1. The highest BCUT2D eigenvalue weighted by atomic mass is 16.3. The Balaban J connectivity index is 2.16. The molecule has 0 radical (unpaired) electrons. The molecule has 22 heavy (non-hydrogen) atoms. The van der Waals surface area contributed by atoms with Crippen LogP contribution in [0.3, 0.4) is 0 Å². The van der Waals surface area contributed by atoms with Crippen molar-refractivity contribution < 1.29 is 14.7 Å². The zero-order valence-corrected chi connectivity index (χ0v) is 13.3. The van der Waals surface area contributed by atoms with Crippen LogP contribution in [0.5, 0.6) is 0 Å².